The van der Waals surface area contributed by atoms with Crippen molar-refractivity contribution in [3.05, 3.63) is 29.6 Å². The molecule has 42 heavy (non-hydrogen) atoms. The number of aliphatic carboxylic acids is 2. The fraction of sp³-hybridized carbons (Fsp3) is 0.500. The molecule has 0 saturated heterocycles. The molecule has 2 aliphatic rings. The zero-order valence-corrected chi connectivity index (χ0v) is 22.1. The molecule has 2 aliphatic carbocycles. The highest BCUT2D eigenvalue weighted by Gasteiger charge is 2.39. The number of hydrogen-bond donors (Lipinski definition) is 7. The van der Waals surface area contributed by atoms with Gasteiger partial charge < -0.3 is 31.9 Å². The van der Waals surface area contributed by atoms with Gasteiger partial charge in [-0.2, -0.15) is 26.3 Å². The number of fused-ring (bicyclic) bond motifs is 1. The number of aromatic nitrogens is 2. The molecule has 4 rings (SSSR count). The number of nitrogens with one attached hydrogen (secondary N) is 4. The van der Waals surface area contributed by atoms with Crippen molar-refractivity contribution < 1.29 is 50.9 Å². The number of aryl methyl sites for hydroxylation is 1. The average Bonchev–Trinajstić information content (AvgIpc) is 3.68. The molecule has 2 unspecified atom stereocenters. The minimum atomic E-state index is -5.08. The quantitative estimate of drug-likeness (QED) is 0.150. The standard InChI is InChI=1S/C20H27N7O.2C2HF3O2/c1-11-6-9-14-13(10-11)17(27-18(24-14)19(28)23-12-7-8-12)25-15-4-2-3-5-16(15)26-20(21)22;2*3-2(4,5)1(6)7/h6,9-10,12,15-16H,2-5,7-8H2,1H3,(H,23,28)(H4,21,22,26)(H,24,25,27);2*(H,6,7). The molecule has 1 aromatic carbocycles. The number of rotatable bonds is 5. The molecule has 1 aromatic heterocycles. The SMILES string of the molecule is Cc1ccc2nc(C(=O)NC3CC3)nc(NC3CCCCC3NC(=N)N)c2c1.O=C(O)C(F)(F)F.O=C(O)C(F)(F)F. The second kappa shape index (κ2) is 14.0. The zero-order chi connectivity index (χ0) is 31.8. The molecule has 0 bridgehead atoms. The minimum Gasteiger partial charge on any atom is -0.475 e. The molecule has 0 aliphatic heterocycles. The van der Waals surface area contributed by atoms with E-state index in [1.807, 2.05) is 25.1 Å². The molecule has 232 valence electrons. The van der Waals surface area contributed by atoms with Gasteiger partial charge in [0.1, 0.15) is 5.82 Å². The van der Waals surface area contributed by atoms with Gasteiger partial charge in [0, 0.05) is 23.5 Å². The molecule has 12 nitrogen and oxygen atoms in total. The van der Waals surface area contributed by atoms with Crippen LogP contribution in [0.15, 0.2) is 18.2 Å². The summed E-state index contributed by atoms with van der Waals surface area (Å²) in [6.45, 7) is 2.03. The summed E-state index contributed by atoms with van der Waals surface area (Å²) in [6.07, 6.45) is -4.04. The van der Waals surface area contributed by atoms with Gasteiger partial charge in [0.25, 0.3) is 5.91 Å². The number of nitrogens with two attached hydrogens (primary N) is 1. The monoisotopic (exact) mass is 609 g/mol. The van der Waals surface area contributed by atoms with Crippen LogP contribution in [-0.2, 0) is 9.59 Å². The summed E-state index contributed by atoms with van der Waals surface area (Å²) in [7, 11) is 0. The Labute approximate surface area is 234 Å². The van der Waals surface area contributed by atoms with Gasteiger partial charge in [0.2, 0.25) is 5.82 Å². The molecule has 18 heteroatoms. The highest BCUT2D eigenvalue weighted by Crippen LogP contribution is 2.27. The number of carboxylic acids is 2. The number of alkyl halides is 6. The maximum absolute atomic E-state index is 12.5. The molecular weight excluding hydrogens is 580 g/mol. The van der Waals surface area contributed by atoms with Crippen LogP contribution in [0.5, 0.6) is 0 Å². The summed E-state index contributed by atoms with van der Waals surface area (Å²) < 4.78 is 63.5. The largest absolute Gasteiger partial charge is 0.490 e. The summed E-state index contributed by atoms with van der Waals surface area (Å²) in [5.41, 5.74) is 7.43. The van der Waals surface area contributed by atoms with Crippen molar-refractivity contribution in [1.29, 1.82) is 5.41 Å². The predicted molar refractivity (Wildman–Crippen MR) is 137 cm³/mol. The van der Waals surface area contributed by atoms with Crippen LogP contribution in [0.1, 0.15) is 54.7 Å². The van der Waals surface area contributed by atoms with Gasteiger partial charge in [0.15, 0.2) is 5.96 Å². The van der Waals surface area contributed by atoms with E-state index in [-0.39, 0.29) is 35.8 Å². The first kappa shape index (κ1) is 33.8. The Morgan fingerprint density at radius 3 is 1.90 bits per heavy atom. The van der Waals surface area contributed by atoms with Crippen LogP contribution in [-0.4, -0.2) is 74.5 Å². The number of nitrogens with zero attached hydrogens (tertiary/aromatic N) is 2. The molecule has 8 N–H and O–H groups in total. The molecular formula is C24H29F6N7O5. The van der Waals surface area contributed by atoms with Gasteiger partial charge in [-0.3, -0.25) is 10.2 Å². The van der Waals surface area contributed by atoms with E-state index in [1.165, 1.54) is 0 Å². The first-order chi connectivity index (χ1) is 19.4. The Balaban J connectivity index is 0.000000367. The van der Waals surface area contributed by atoms with E-state index in [9.17, 15) is 31.1 Å². The number of benzene rings is 1. The second-order valence-electron chi connectivity index (χ2n) is 9.47. The Bertz CT molecular complexity index is 1280. The Hall–Kier alpha value is -4.38. The summed E-state index contributed by atoms with van der Waals surface area (Å²) in [4.78, 5) is 39.4. The first-order valence-corrected chi connectivity index (χ1v) is 12.4. The number of hydrogen-bond acceptors (Lipinski definition) is 7. The summed E-state index contributed by atoms with van der Waals surface area (Å²) in [6, 6.07) is 6.35. The number of halogens is 6. The van der Waals surface area contributed by atoms with Crippen LogP contribution in [0.25, 0.3) is 10.9 Å². The number of carbonyl (C=O) groups is 3. The molecule has 0 radical (unpaired) electrons. The van der Waals surface area contributed by atoms with Crippen LogP contribution in [0.4, 0.5) is 32.2 Å². The number of carbonyl (C=O) groups excluding carboxylic acids is 1. The van der Waals surface area contributed by atoms with Crippen LogP contribution >= 0.6 is 0 Å². The molecule has 0 spiro atoms. The second-order valence-corrected chi connectivity index (χ2v) is 9.47. The smallest absolute Gasteiger partial charge is 0.475 e. The normalized spacial score (nSPS) is 18.4. The lowest BCUT2D eigenvalue weighted by Crippen LogP contribution is -2.50. The first-order valence-electron chi connectivity index (χ1n) is 12.4. The van der Waals surface area contributed by atoms with Gasteiger partial charge >= 0.3 is 24.3 Å². The summed E-state index contributed by atoms with van der Waals surface area (Å²) >= 11 is 0. The zero-order valence-electron chi connectivity index (χ0n) is 22.1. The molecule has 2 aromatic rings. The summed E-state index contributed by atoms with van der Waals surface area (Å²) in [5, 5.41) is 32.3. The van der Waals surface area contributed by atoms with Crippen LogP contribution in [0, 0.1) is 12.3 Å². The maximum atomic E-state index is 12.5. The van der Waals surface area contributed by atoms with E-state index in [1.54, 1.807) is 0 Å². The van der Waals surface area contributed by atoms with Crippen molar-refractivity contribution in [3.8, 4) is 0 Å². The lowest BCUT2D eigenvalue weighted by Gasteiger charge is -2.33. The van der Waals surface area contributed by atoms with Crippen LogP contribution in [0.2, 0.25) is 0 Å². The lowest BCUT2D eigenvalue weighted by atomic mass is 9.90. The van der Waals surface area contributed by atoms with Crippen molar-refractivity contribution in [2.45, 2.75) is 75.9 Å². The molecule has 2 fully saturated rings. The van der Waals surface area contributed by atoms with E-state index >= 15 is 0 Å². The van der Waals surface area contributed by atoms with Crippen molar-refractivity contribution in [2.75, 3.05) is 5.32 Å². The predicted octanol–water partition coefficient (Wildman–Crippen LogP) is 3.30. The van der Waals surface area contributed by atoms with E-state index < -0.39 is 24.3 Å². The molecule has 2 saturated carbocycles. The van der Waals surface area contributed by atoms with Gasteiger partial charge in [-0.25, -0.2) is 19.6 Å². The van der Waals surface area contributed by atoms with E-state index in [0.29, 0.717) is 5.82 Å². The number of carboxylic acid groups (broad SMARTS) is 2. The lowest BCUT2D eigenvalue weighted by molar-refractivity contribution is -0.193. The van der Waals surface area contributed by atoms with Crippen molar-refractivity contribution in [3.63, 3.8) is 0 Å². The number of guanidine groups is 1. The highest BCUT2D eigenvalue weighted by atomic mass is 19.4. The third-order valence-corrected chi connectivity index (χ3v) is 5.88. The van der Waals surface area contributed by atoms with Crippen molar-refractivity contribution in [1.82, 2.24) is 20.6 Å². The fourth-order valence-corrected chi connectivity index (χ4v) is 3.78. The number of anilines is 1. The average molecular weight is 610 g/mol. The van der Waals surface area contributed by atoms with E-state index in [4.69, 9.17) is 30.9 Å². The Kier molecular flexibility index (Phi) is 11.3. The van der Waals surface area contributed by atoms with Gasteiger partial charge in [0.05, 0.1) is 5.52 Å². The third-order valence-electron chi connectivity index (χ3n) is 5.88. The Morgan fingerprint density at radius 1 is 0.905 bits per heavy atom. The van der Waals surface area contributed by atoms with Gasteiger partial charge in [-0.1, -0.05) is 24.5 Å². The highest BCUT2D eigenvalue weighted by molar-refractivity contribution is 5.97. The van der Waals surface area contributed by atoms with Crippen molar-refractivity contribution in [2.24, 2.45) is 5.73 Å². The van der Waals surface area contributed by atoms with Crippen LogP contribution < -0.4 is 21.7 Å². The fourth-order valence-electron chi connectivity index (χ4n) is 3.78. The van der Waals surface area contributed by atoms with E-state index in [0.717, 1.165) is 55.0 Å². The maximum Gasteiger partial charge on any atom is 0.490 e. The summed E-state index contributed by atoms with van der Waals surface area (Å²) in [5.74, 6) is -4.91. The van der Waals surface area contributed by atoms with Crippen molar-refractivity contribution >= 4 is 40.5 Å². The molecule has 2 atom stereocenters. The van der Waals surface area contributed by atoms with Gasteiger partial charge in [-0.05, 0) is 44.7 Å². The van der Waals surface area contributed by atoms with Crippen LogP contribution in [0.3, 0.4) is 0 Å². The molecule has 1 heterocycles. The third kappa shape index (κ3) is 10.9. The van der Waals surface area contributed by atoms with E-state index in [2.05, 4.69) is 25.9 Å². The van der Waals surface area contributed by atoms with Gasteiger partial charge in [-0.15, -0.1) is 0 Å². The minimum absolute atomic E-state index is 0.0217. The number of amides is 1. The topological polar surface area (TPSA) is 203 Å². The molecule has 1 amide bonds. The Morgan fingerprint density at radius 2 is 1.43 bits per heavy atom.